The number of unbranched alkanes of at least 4 members (excludes halogenated alkanes) is 1. The lowest BCUT2D eigenvalue weighted by Crippen LogP contribution is -2.20. The van der Waals surface area contributed by atoms with Crippen LogP contribution in [0.3, 0.4) is 0 Å². The van der Waals surface area contributed by atoms with Gasteiger partial charge in [-0.3, -0.25) is 0 Å². The van der Waals surface area contributed by atoms with Gasteiger partial charge in [0.1, 0.15) is 6.04 Å². The first-order valence-corrected chi connectivity index (χ1v) is 4.69. The van der Waals surface area contributed by atoms with E-state index in [9.17, 15) is 0 Å². The highest BCUT2D eigenvalue weighted by Crippen LogP contribution is 2.04. The summed E-state index contributed by atoms with van der Waals surface area (Å²) >= 11 is 1.76. The van der Waals surface area contributed by atoms with Crippen LogP contribution < -0.4 is 5.73 Å². The molecule has 0 aliphatic carbocycles. The fourth-order valence-corrected chi connectivity index (χ4v) is 1.48. The Kier molecular flexibility index (Phi) is 6.78. The Bertz CT molecular complexity index is 109. The Labute approximate surface area is 66.8 Å². The van der Waals surface area contributed by atoms with Crippen molar-refractivity contribution in [1.82, 2.24) is 0 Å². The van der Waals surface area contributed by atoms with Crippen molar-refractivity contribution in [3.05, 3.63) is 0 Å². The fourth-order valence-electron chi connectivity index (χ4n) is 0.494. The van der Waals surface area contributed by atoms with Gasteiger partial charge in [0, 0.05) is 5.75 Å². The zero-order valence-corrected chi connectivity index (χ0v) is 7.16. The predicted molar refractivity (Wildman–Crippen MR) is 45.8 cm³/mol. The summed E-state index contributed by atoms with van der Waals surface area (Å²) in [7, 11) is 0. The van der Waals surface area contributed by atoms with Gasteiger partial charge >= 0.3 is 0 Å². The van der Waals surface area contributed by atoms with Crippen molar-refractivity contribution >= 4 is 11.8 Å². The number of thioether (sulfide) groups is 1. The monoisotopic (exact) mass is 158 g/mol. The summed E-state index contributed by atoms with van der Waals surface area (Å²) in [5.74, 6) is 1.91. The summed E-state index contributed by atoms with van der Waals surface area (Å²) in [6.45, 7) is 2.16. The summed E-state index contributed by atoms with van der Waals surface area (Å²) in [5.41, 5.74) is 5.37. The van der Waals surface area contributed by atoms with Crippen LogP contribution in [0.1, 0.15) is 19.8 Å². The SMILES string of the molecule is CCCCSCC(N)C#N. The molecule has 2 nitrogen and oxygen atoms in total. The zero-order valence-electron chi connectivity index (χ0n) is 6.34. The number of hydrogen-bond donors (Lipinski definition) is 1. The number of rotatable bonds is 5. The molecular formula is C7H14N2S. The first-order valence-electron chi connectivity index (χ1n) is 3.54. The highest BCUT2D eigenvalue weighted by Gasteiger charge is 1.97. The third kappa shape index (κ3) is 5.93. The molecule has 2 N–H and O–H groups in total. The van der Waals surface area contributed by atoms with Crippen LogP contribution in [0.4, 0.5) is 0 Å². The molecule has 0 aromatic rings. The molecule has 58 valence electrons. The van der Waals surface area contributed by atoms with E-state index in [0.29, 0.717) is 0 Å². The Morgan fingerprint density at radius 2 is 2.40 bits per heavy atom. The van der Waals surface area contributed by atoms with E-state index in [1.165, 1.54) is 12.8 Å². The standard InChI is InChI=1S/C7H14N2S/c1-2-3-4-10-6-7(9)5-8/h7H,2-4,6,9H2,1H3. The second-order valence-corrected chi connectivity index (χ2v) is 3.31. The topological polar surface area (TPSA) is 49.8 Å². The van der Waals surface area contributed by atoms with Crippen LogP contribution in [0.15, 0.2) is 0 Å². The quantitative estimate of drug-likeness (QED) is 0.615. The molecule has 1 atom stereocenters. The highest BCUT2D eigenvalue weighted by atomic mass is 32.2. The molecule has 0 aromatic carbocycles. The van der Waals surface area contributed by atoms with E-state index in [1.807, 2.05) is 6.07 Å². The molecule has 0 amide bonds. The first-order chi connectivity index (χ1) is 4.81. The van der Waals surface area contributed by atoms with Crippen molar-refractivity contribution in [3.63, 3.8) is 0 Å². The van der Waals surface area contributed by atoms with E-state index >= 15 is 0 Å². The van der Waals surface area contributed by atoms with Crippen LogP contribution in [0.2, 0.25) is 0 Å². The van der Waals surface area contributed by atoms with Crippen LogP contribution in [-0.4, -0.2) is 17.5 Å². The van der Waals surface area contributed by atoms with Gasteiger partial charge in [0.15, 0.2) is 0 Å². The Balaban J connectivity index is 2.98. The fraction of sp³-hybridized carbons (Fsp3) is 0.857. The van der Waals surface area contributed by atoms with Gasteiger partial charge in [-0.1, -0.05) is 13.3 Å². The van der Waals surface area contributed by atoms with E-state index in [0.717, 1.165) is 11.5 Å². The maximum absolute atomic E-state index is 8.30. The van der Waals surface area contributed by atoms with E-state index in [2.05, 4.69) is 6.92 Å². The third-order valence-corrected chi connectivity index (χ3v) is 2.28. The van der Waals surface area contributed by atoms with Gasteiger partial charge in [-0.2, -0.15) is 17.0 Å². The molecule has 0 bridgehead atoms. The molecule has 3 heteroatoms. The van der Waals surface area contributed by atoms with Crippen molar-refractivity contribution in [3.8, 4) is 6.07 Å². The molecule has 1 unspecified atom stereocenters. The lowest BCUT2D eigenvalue weighted by atomic mass is 10.4. The average Bonchev–Trinajstić information content (AvgIpc) is 1.98. The molecule has 0 saturated carbocycles. The van der Waals surface area contributed by atoms with Crippen molar-refractivity contribution < 1.29 is 0 Å². The molecule has 0 rings (SSSR count). The number of nitriles is 1. The van der Waals surface area contributed by atoms with Crippen LogP contribution in [-0.2, 0) is 0 Å². The van der Waals surface area contributed by atoms with Crippen molar-refractivity contribution in [2.75, 3.05) is 11.5 Å². The van der Waals surface area contributed by atoms with Gasteiger partial charge < -0.3 is 5.73 Å². The molecule has 0 aliphatic rings. The summed E-state index contributed by atoms with van der Waals surface area (Å²) in [5, 5.41) is 8.30. The minimum Gasteiger partial charge on any atom is -0.315 e. The molecule has 0 spiro atoms. The predicted octanol–water partition coefficient (Wildman–Crippen LogP) is 1.37. The smallest absolute Gasteiger partial charge is 0.102 e. The van der Waals surface area contributed by atoms with E-state index in [4.69, 9.17) is 11.0 Å². The minimum absolute atomic E-state index is 0.276. The molecule has 0 aliphatic heterocycles. The molecular weight excluding hydrogens is 144 g/mol. The third-order valence-electron chi connectivity index (χ3n) is 1.11. The maximum atomic E-state index is 8.30. The summed E-state index contributed by atoms with van der Waals surface area (Å²) in [6.07, 6.45) is 2.44. The second kappa shape index (κ2) is 6.91. The van der Waals surface area contributed by atoms with Gasteiger partial charge in [0.05, 0.1) is 6.07 Å². The van der Waals surface area contributed by atoms with E-state index in [-0.39, 0.29) is 6.04 Å². The molecule has 10 heavy (non-hydrogen) atoms. The van der Waals surface area contributed by atoms with Crippen LogP contribution >= 0.6 is 11.8 Å². The van der Waals surface area contributed by atoms with Gasteiger partial charge in [0.25, 0.3) is 0 Å². The lowest BCUT2D eigenvalue weighted by Gasteiger charge is -2.00. The van der Waals surface area contributed by atoms with Crippen LogP contribution in [0, 0.1) is 11.3 Å². The Morgan fingerprint density at radius 3 is 2.90 bits per heavy atom. The largest absolute Gasteiger partial charge is 0.315 e. The van der Waals surface area contributed by atoms with Gasteiger partial charge in [0.2, 0.25) is 0 Å². The van der Waals surface area contributed by atoms with E-state index in [1.54, 1.807) is 11.8 Å². The molecule has 0 fully saturated rings. The van der Waals surface area contributed by atoms with Crippen molar-refractivity contribution in [2.24, 2.45) is 5.73 Å². The van der Waals surface area contributed by atoms with Crippen LogP contribution in [0.25, 0.3) is 0 Å². The number of nitrogens with zero attached hydrogens (tertiary/aromatic N) is 1. The highest BCUT2D eigenvalue weighted by molar-refractivity contribution is 7.99. The van der Waals surface area contributed by atoms with E-state index < -0.39 is 0 Å². The molecule has 0 heterocycles. The molecule has 0 aromatic heterocycles. The summed E-state index contributed by atoms with van der Waals surface area (Å²) in [6, 6.07) is 1.72. The lowest BCUT2D eigenvalue weighted by molar-refractivity contribution is 0.890. The maximum Gasteiger partial charge on any atom is 0.102 e. The van der Waals surface area contributed by atoms with Gasteiger partial charge in [-0.25, -0.2) is 0 Å². The molecule has 0 radical (unpaired) electrons. The van der Waals surface area contributed by atoms with Crippen LogP contribution in [0.5, 0.6) is 0 Å². The van der Waals surface area contributed by atoms with Crippen molar-refractivity contribution in [1.29, 1.82) is 5.26 Å². The average molecular weight is 158 g/mol. The van der Waals surface area contributed by atoms with Gasteiger partial charge in [-0.15, -0.1) is 0 Å². The number of hydrogen-bond acceptors (Lipinski definition) is 3. The normalized spacial score (nSPS) is 12.5. The molecule has 0 saturated heterocycles. The Hall–Kier alpha value is -0.200. The summed E-state index contributed by atoms with van der Waals surface area (Å²) < 4.78 is 0. The minimum atomic E-state index is -0.276. The summed E-state index contributed by atoms with van der Waals surface area (Å²) in [4.78, 5) is 0. The zero-order chi connectivity index (χ0) is 7.82. The number of nitrogens with two attached hydrogens (primary N) is 1. The Morgan fingerprint density at radius 1 is 1.70 bits per heavy atom. The van der Waals surface area contributed by atoms with Crippen molar-refractivity contribution in [2.45, 2.75) is 25.8 Å². The first kappa shape index (κ1) is 9.80. The second-order valence-electron chi connectivity index (χ2n) is 2.16. The van der Waals surface area contributed by atoms with Gasteiger partial charge in [-0.05, 0) is 12.2 Å².